The summed E-state index contributed by atoms with van der Waals surface area (Å²) in [5, 5.41) is 20.5. The van der Waals surface area contributed by atoms with Crippen LogP contribution < -0.4 is 0 Å². The van der Waals surface area contributed by atoms with E-state index in [4.69, 9.17) is 0 Å². The number of hydrogen-bond acceptors (Lipinski definition) is 3. The predicted molar refractivity (Wildman–Crippen MR) is 109 cm³/mol. The molecule has 0 atom stereocenters. The van der Waals surface area contributed by atoms with E-state index in [1.807, 2.05) is 39.5 Å². The number of thioether (sulfide) groups is 1. The van der Waals surface area contributed by atoms with Crippen LogP contribution in [0.5, 0.6) is 11.5 Å². The van der Waals surface area contributed by atoms with Gasteiger partial charge in [-0.05, 0) is 111 Å². The summed E-state index contributed by atoms with van der Waals surface area (Å²) in [5.74, 6) is 2.72. The zero-order valence-corrected chi connectivity index (χ0v) is 17.5. The van der Waals surface area contributed by atoms with Gasteiger partial charge in [0, 0.05) is 11.5 Å². The predicted octanol–water partition coefficient (Wildman–Crippen LogP) is 6.00. The van der Waals surface area contributed by atoms with Crippen molar-refractivity contribution in [1.82, 2.24) is 0 Å². The van der Waals surface area contributed by atoms with Crippen molar-refractivity contribution in [2.24, 2.45) is 0 Å². The van der Waals surface area contributed by atoms with Gasteiger partial charge >= 0.3 is 0 Å². The highest BCUT2D eigenvalue weighted by Crippen LogP contribution is 2.36. The molecule has 0 unspecified atom stereocenters. The number of rotatable bonds is 4. The van der Waals surface area contributed by atoms with Crippen LogP contribution in [-0.4, -0.2) is 10.2 Å². The van der Waals surface area contributed by atoms with E-state index in [2.05, 4.69) is 27.7 Å². The number of phenolic OH excluding ortho intramolecular Hbond substituents is 2. The fourth-order valence-corrected chi connectivity index (χ4v) is 4.81. The topological polar surface area (TPSA) is 40.5 Å². The van der Waals surface area contributed by atoms with Crippen molar-refractivity contribution in [2.45, 2.75) is 66.9 Å². The van der Waals surface area contributed by atoms with Gasteiger partial charge in [0.1, 0.15) is 11.5 Å². The minimum Gasteiger partial charge on any atom is -0.507 e. The minimum absolute atomic E-state index is 0.431. The lowest BCUT2D eigenvalue weighted by Crippen LogP contribution is -2.01. The molecule has 2 nitrogen and oxygen atoms in total. The molecule has 25 heavy (non-hydrogen) atoms. The highest BCUT2D eigenvalue weighted by atomic mass is 32.2. The summed E-state index contributed by atoms with van der Waals surface area (Å²) in [6.45, 7) is 16.4. The lowest BCUT2D eigenvalue weighted by atomic mass is 9.94. The third-order valence-electron chi connectivity index (χ3n) is 5.97. The molecule has 3 heteroatoms. The third-order valence-corrected chi connectivity index (χ3v) is 6.96. The van der Waals surface area contributed by atoms with E-state index in [0.717, 1.165) is 33.8 Å². The van der Waals surface area contributed by atoms with Crippen molar-refractivity contribution in [3.8, 4) is 11.5 Å². The van der Waals surface area contributed by atoms with E-state index in [0.29, 0.717) is 11.5 Å². The van der Waals surface area contributed by atoms with Gasteiger partial charge in [-0.25, -0.2) is 0 Å². The van der Waals surface area contributed by atoms with Crippen molar-refractivity contribution in [2.75, 3.05) is 0 Å². The van der Waals surface area contributed by atoms with Gasteiger partial charge in [-0.2, -0.15) is 11.8 Å². The van der Waals surface area contributed by atoms with Gasteiger partial charge in [0.25, 0.3) is 0 Å². The maximum absolute atomic E-state index is 10.2. The van der Waals surface area contributed by atoms with Crippen LogP contribution in [0.2, 0.25) is 0 Å². The molecule has 0 aliphatic heterocycles. The first-order chi connectivity index (χ1) is 11.6. The van der Waals surface area contributed by atoms with Crippen molar-refractivity contribution in [3.63, 3.8) is 0 Å². The molecule has 0 spiro atoms. The Balaban J connectivity index is 2.29. The summed E-state index contributed by atoms with van der Waals surface area (Å²) in [4.78, 5) is 0. The molecular formula is C22H30O2S. The molecule has 0 aliphatic carbocycles. The molecule has 0 amide bonds. The monoisotopic (exact) mass is 358 g/mol. The molecule has 0 bridgehead atoms. The lowest BCUT2D eigenvalue weighted by molar-refractivity contribution is 0.465. The fraction of sp³-hybridized carbons (Fsp3) is 0.455. The van der Waals surface area contributed by atoms with Gasteiger partial charge < -0.3 is 10.2 Å². The Morgan fingerprint density at radius 3 is 0.960 bits per heavy atom. The van der Waals surface area contributed by atoms with Crippen molar-refractivity contribution >= 4 is 11.8 Å². The van der Waals surface area contributed by atoms with E-state index in [1.165, 1.54) is 33.4 Å². The average Bonchev–Trinajstić information content (AvgIpc) is 2.60. The summed E-state index contributed by atoms with van der Waals surface area (Å²) in [5.41, 5.74) is 11.4. The first-order valence-corrected chi connectivity index (χ1v) is 9.89. The Kier molecular flexibility index (Phi) is 5.78. The van der Waals surface area contributed by atoms with E-state index in [9.17, 15) is 10.2 Å². The van der Waals surface area contributed by atoms with E-state index >= 15 is 0 Å². The standard InChI is InChI=1S/C22H30O2S/c1-11-15(5)21(23)16(6)12(2)19(11)9-25-10-20-13(3)17(7)22(24)18(8)14(20)4/h23-24H,9-10H2,1-8H3. The molecule has 136 valence electrons. The van der Waals surface area contributed by atoms with Crippen LogP contribution in [0.3, 0.4) is 0 Å². The van der Waals surface area contributed by atoms with E-state index in [-0.39, 0.29) is 0 Å². The number of hydrogen-bond donors (Lipinski definition) is 2. The summed E-state index contributed by atoms with van der Waals surface area (Å²) >= 11 is 1.90. The van der Waals surface area contributed by atoms with Gasteiger partial charge in [0.05, 0.1) is 0 Å². The Bertz CT molecular complexity index is 707. The molecule has 2 aromatic carbocycles. The average molecular weight is 359 g/mol. The second-order valence-corrected chi connectivity index (χ2v) is 8.13. The van der Waals surface area contributed by atoms with Gasteiger partial charge in [0.15, 0.2) is 0 Å². The van der Waals surface area contributed by atoms with Crippen LogP contribution in [0, 0.1) is 55.4 Å². The molecule has 0 saturated heterocycles. The van der Waals surface area contributed by atoms with Crippen LogP contribution >= 0.6 is 11.8 Å². The van der Waals surface area contributed by atoms with Crippen LogP contribution in [0.25, 0.3) is 0 Å². The zero-order chi connectivity index (χ0) is 19.0. The molecule has 0 saturated carbocycles. The maximum atomic E-state index is 10.2. The van der Waals surface area contributed by atoms with Crippen LogP contribution in [0.4, 0.5) is 0 Å². The summed E-state index contributed by atoms with van der Waals surface area (Å²) in [7, 11) is 0. The largest absolute Gasteiger partial charge is 0.507 e. The van der Waals surface area contributed by atoms with Crippen molar-refractivity contribution in [1.29, 1.82) is 0 Å². The second-order valence-electron chi connectivity index (χ2n) is 7.15. The maximum Gasteiger partial charge on any atom is 0.121 e. The molecule has 2 rings (SSSR count). The fourth-order valence-electron chi connectivity index (χ4n) is 3.43. The number of benzene rings is 2. The quantitative estimate of drug-likeness (QED) is 0.704. The Labute approximate surface area is 156 Å². The van der Waals surface area contributed by atoms with Gasteiger partial charge in [-0.15, -0.1) is 0 Å². The van der Waals surface area contributed by atoms with Gasteiger partial charge in [-0.3, -0.25) is 0 Å². The number of aromatic hydroxyl groups is 2. The lowest BCUT2D eigenvalue weighted by Gasteiger charge is -2.19. The third kappa shape index (κ3) is 3.39. The first kappa shape index (κ1) is 19.7. The van der Waals surface area contributed by atoms with Crippen LogP contribution in [0.15, 0.2) is 0 Å². The minimum atomic E-state index is 0.431. The van der Waals surface area contributed by atoms with Crippen LogP contribution in [0.1, 0.15) is 55.6 Å². The molecule has 0 radical (unpaired) electrons. The van der Waals surface area contributed by atoms with E-state index < -0.39 is 0 Å². The van der Waals surface area contributed by atoms with E-state index in [1.54, 1.807) is 0 Å². The van der Waals surface area contributed by atoms with Crippen molar-refractivity contribution in [3.05, 3.63) is 55.6 Å². The summed E-state index contributed by atoms with van der Waals surface area (Å²) < 4.78 is 0. The molecule has 0 fully saturated rings. The molecule has 2 aromatic rings. The highest BCUT2D eigenvalue weighted by molar-refractivity contribution is 7.97. The summed E-state index contributed by atoms with van der Waals surface area (Å²) in [6, 6.07) is 0. The molecule has 2 N–H and O–H groups in total. The SMILES string of the molecule is Cc1c(C)c(CSCc2c(C)c(C)c(O)c(C)c2C)c(C)c(C)c1O. The Hall–Kier alpha value is -1.61. The van der Waals surface area contributed by atoms with Gasteiger partial charge in [0.2, 0.25) is 0 Å². The molecule has 0 heterocycles. The Morgan fingerprint density at radius 2 is 0.720 bits per heavy atom. The number of phenols is 2. The Morgan fingerprint density at radius 1 is 0.480 bits per heavy atom. The zero-order valence-electron chi connectivity index (χ0n) is 16.7. The molecular weight excluding hydrogens is 328 g/mol. The first-order valence-electron chi connectivity index (χ1n) is 8.73. The summed E-state index contributed by atoms with van der Waals surface area (Å²) in [6.07, 6.45) is 0. The van der Waals surface area contributed by atoms with Crippen molar-refractivity contribution < 1.29 is 10.2 Å². The van der Waals surface area contributed by atoms with Crippen LogP contribution in [-0.2, 0) is 11.5 Å². The highest BCUT2D eigenvalue weighted by Gasteiger charge is 2.16. The molecule has 0 aliphatic rings. The normalized spacial score (nSPS) is 11.2. The second kappa shape index (κ2) is 7.33. The smallest absolute Gasteiger partial charge is 0.121 e. The molecule has 0 aromatic heterocycles. The van der Waals surface area contributed by atoms with Gasteiger partial charge in [-0.1, -0.05) is 0 Å².